The quantitative estimate of drug-likeness (QED) is 0.486. The van der Waals surface area contributed by atoms with Gasteiger partial charge in [0.15, 0.2) is 0 Å². The number of benzene rings is 1. The number of aryl methyl sites for hydroxylation is 2. The van der Waals surface area contributed by atoms with Gasteiger partial charge in [-0.05, 0) is 42.7 Å². The van der Waals surface area contributed by atoms with Crippen molar-refractivity contribution in [2.75, 3.05) is 0 Å². The summed E-state index contributed by atoms with van der Waals surface area (Å²) in [4.78, 5) is 0. The van der Waals surface area contributed by atoms with Gasteiger partial charge in [0.2, 0.25) is 0 Å². The van der Waals surface area contributed by atoms with Crippen molar-refractivity contribution in [3.05, 3.63) is 35.4 Å². The standard InChI is InChI=1S/C20H32/c1-2-3-9-19-14-16-20(17-15-19)13-8-7-12-18-10-5-4-6-11-18/h14-18H,2-13H2,1H3. The van der Waals surface area contributed by atoms with Gasteiger partial charge in [0.05, 0.1) is 0 Å². The zero-order valence-electron chi connectivity index (χ0n) is 13.4. The summed E-state index contributed by atoms with van der Waals surface area (Å²) in [6.07, 6.45) is 16.9. The molecule has 2 rings (SSSR count). The zero-order valence-corrected chi connectivity index (χ0v) is 13.4. The minimum atomic E-state index is 1.06. The molecule has 0 N–H and O–H groups in total. The Labute approximate surface area is 126 Å². The fourth-order valence-electron chi connectivity index (χ4n) is 3.49. The first-order chi connectivity index (χ1) is 9.88. The summed E-state index contributed by atoms with van der Waals surface area (Å²) >= 11 is 0. The fourth-order valence-corrected chi connectivity index (χ4v) is 3.49. The maximum atomic E-state index is 2.35. The topological polar surface area (TPSA) is 0 Å². The Morgan fingerprint density at radius 3 is 2.00 bits per heavy atom. The molecule has 1 aliphatic rings. The molecule has 0 heterocycles. The molecule has 1 aliphatic carbocycles. The lowest BCUT2D eigenvalue weighted by Gasteiger charge is -2.21. The predicted octanol–water partition coefficient (Wildman–Crippen LogP) is 6.32. The van der Waals surface area contributed by atoms with Crippen molar-refractivity contribution in [3.63, 3.8) is 0 Å². The lowest BCUT2D eigenvalue weighted by atomic mass is 9.85. The van der Waals surface area contributed by atoms with E-state index in [1.54, 1.807) is 0 Å². The van der Waals surface area contributed by atoms with E-state index in [9.17, 15) is 0 Å². The Morgan fingerprint density at radius 2 is 1.40 bits per heavy atom. The maximum absolute atomic E-state index is 2.35. The van der Waals surface area contributed by atoms with Crippen LogP contribution in [-0.2, 0) is 12.8 Å². The lowest BCUT2D eigenvalue weighted by molar-refractivity contribution is 0.330. The second kappa shape index (κ2) is 9.21. The zero-order chi connectivity index (χ0) is 14.0. The van der Waals surface area contributed by atoms with Crippen molar-refractivity contribution in [1.29, 1.82) is 0 Å². The monoisotopic (exact) mass is 272 g/mol. The van der Waals surface area contributed by atoms with Gasteiger partial charge in [0, 0.05) is 0 Å². The summed E-state index contributed by atoms with van der Waals surface area (Å²) in [5.74, 6) is 1.06. The first-order valence-electron chi connectivity index (χ1n) is 8.96. The highest BCUT2D eigenvalue weighted by atomic mass is 14.2. The van der Waals surface area contributed by atoms with Crippen LogP contribution >= 0.6 is 0 Å². The highest BCUT2D eigenvalue weighted by Crippen LogP contribution is 2.27. The second-order valence-electron chi connectivity index (χ2n) is 6.67. The number of hydrogen-bond acceptors (Lipinski definition) is 0. The van der Waals surface area contributed by atoms with Gasteiger partial charge >= 0.3 is 0 Å². The normalized spacial score (nSPS) is 16.4. The minimum absolute atomic E-state index is 1.06. The molecule has 0 aliphatic heterocycles. The van der Waals surface area contributed by atoms with Crippen molar-refractivity contribution in [2.45, 2.75) is 84.0 Å². The average molecular weight is 272 g/mol. The molecule has 112 valence electrons. The van der Waals surface area contributed by atoms with Crippen LogP contribution in [0.25, 0.3) is 0 Å². The van der Waals surface area contributed by atoms with Crippen LogP contribution in [-0.4, -0.2) is 0 Å². The van der Waals surface area contributed by atoms with E-state index in [1.807, 2.05) is 0 Å². The molecule has 0 bridgehead atoms. The van der Waals surface area contributed by atoms with E-state index in [0.29, 0.717) is 0 Å². The molecule has 0 saturated heterocycles. The number of rotatable bonds is 8. The van der Waals surface area contributed by atoms with E-state index in [4.69, 9.17) is 0 Å². The molecule has 0 aromatic heterocycles. The van der Waals surface area contributed by atoms with Gasteiger partial charge in [-0.2, -0.15) is 0 Å². The molecule has 20 heavy (non-hydrogen) atoms. The van der Waals surface area contributed by atoms with E-state index in [2.05, 4.69) is 31.2 Å². The maximum Gasteiger partial charge on any atom is -0.0279 e. The molecule has 0 unspecified atom stereocenters. The van der Waals surface area contributed by atoms with Gasteiger partial charge in [-0.1, -0.05) is 82.6 Å². The summed E-state index contributed by atoms with van der Waals surface area (Å²) < 4.78 is 0. The van der Waals surface area contributed by atoms with Crippen LogP contribution in [0.4, 0.5) is 0 Å². The van der Waals surface area contributed by atoms with Crippen LogP contribution in [0.5, 0.6) is 0 Å². The molecule has 0 radical (unpaired) electrons. The molecule has 0 nitrogen and oxygen atoms in total. The van der Waals surface area contributed by atoms with Gasteiger partial charge in [0.25, 0.3) is 0 Å². The molecular weight excluding hydrogens is 240 g/mol. The van der Waals surface area contributed by atoms with Crippen LogP contribution in [0.2, 0.25) is 0 Å². The van der Waals surface area contributed by atoms with E-state index in [0.717, 1.165) is 5.92 Å². The van der Waals surface area contributed by atoms with E-state index >= 15 is 0 Å². The summed E-state index contributed by atoms with van der Waals surface area (Å²) in [5, 5.41) is 0. The molecule has 0 spiro atoms. The third kappa shape index (κ3) is 5.69. The summed E-state index contributed by atoms with van der Waals surface area (Å²) in [6, 6.07) is 9.38. The summed E-state index contributed by atoms with van der Waals surface area (Å²) in [7, 11) is 0. The van der Waals surface area contributed by atoms with Crippen molar-refractivity contribution in [1.82, 2.24) is 0 Å². The summed E-state index contributed by atoms with van der Waals surface area (Å²) in [5.41, 5.74) is 3.05. The summed E-state index contributed by atoms with van der Waals surface area (Å²) in [6.45, 7) is 2.26. The van der Waals surface area contributed by atoms with E-state index in [-0.39, 0.29) is 0 Å². The second-order valence-corrected chi connectivity index (χ2v) is 6.67. The van der Waals surface area contributed by atoms with Gasteiger partial charge in [0.1, 0.15) is 0 Å². The highest BCUT2D eigenvalue weighted by molar-refractivity contribution is 5.22. The first kappa shape index (κ1) is 15.6. The molecule has 0 atom stereocenters. The van der Waals surface area contributed by atoms with Gasteiger partial charge in [-0.15, -0.1) is 0 Å². The van der Waals surface area contributed by atoms with Crippen molar-refractivity contribution >= 4 is 0 Å². The average Bonchev–Trinajstić information content (AvgIpc) is 2.52. The Kier molecular flexibility index (Phi) is 7.19. The largest absolute Gasteiger partial charge is 0.0654 e. The Hall–Kier alpha value is -0.780. The van der Waals surface area contributed by atoms with Gasteiger partial charge < -0.3 is 0 Å². The number of hydrogen-bond donors (Lipinski definition) is 0. The van der Waals surface area contributed by atoms with E-state index in [1.165, 1.54) is 88.2 Å². The lowest BCUT2D eigenvalue weighted by Crippen LogP contribution is -2.05. The van der Waals surface area contributed by atoms with Crippen molar-refractivity contribution < 1.29 is 0 Å². The molecule has 0 heteroatoms. The molecule has 1 saturated carbocycles. The smallest absolute Gasteiger partial charge is 0.0279 e. The Bertz CT molecular complexity index is 343. The van der Waals surface area contributed by atoms with Crippen LogP contribution in [0.3, 0.4) is 0 Å². The SMILES string of the molecule is CCCCc1ccc(CCCCC2CCCCC2)cc1. The molecule has 0 amide bonds. The van der Waals surface area contributed by atoms with Crippen LogP contribution in [0.15, 0.2) is 24.3 Å². The van der Waals surface area contributed by atoms with Crippen molar-refractivity contribution in [3.8, 4) is 0 Å². The van der Waals surface area contributed by atoms with Gasteiger partial charge in [-0.3, -0.25) is 0 Å². The fraction of sp³-hybridized carbons (Fsp3) is 0.700. The van der Waals surface area contributed by atoms with E-state index < -0.39 is 0 Å². The number of unbranched alkanes of at least 4 members (excludes halogenated alkanes) is 2. The third-order valence-electron chi connectivity index (χ3n) is 4.89. The predicted molar refractivity (Wildman–Crippen MR) is 89.2 cm³/mol. The molecule has 1 aromatic carbocycles. The minimum Gasteiger partial charge on any atom is -0.0654 e. The van der Waals surface area contributed by atoms with Crippen LogP contribution in [0.1, 0.15) is 82.3 Å². The van der Waals surface area contributed by atoms with Crippen molar-refractivity contribution in [2.24, 2.45) is 5.92 Å². The highest BCUT2D eigenvalue weighted by Gasteiger charge is 2.12. The van der Waals surface area contributed by atoms with Gasteiger partial charge in [-0.25, -0.2) is 0 Å². The Balaban J connectivity index is 1.61. The molecular formula is C20H32. The molecule has 1 fully saturated rings. The Morgan fingerprint density at radius 1 is 0.800 bits per heavy atom. The first-order valence-corrected chi connectivity index (χ1v) is 8.96. The third-order valence-corrected chi connectivity index (χ3v) is 4.89. The van der Waals surface area contributed by atoms with Crippen LogP contribution in [0, 0.1) is 5.92 Å². The van der Waals surface area contributed by atoms with Crippen LogP contribution < -0.4 is 0 Å². The molecule has 1 aromatic rings.